The molecule has 0 saturated carbocycles. The van der Waals surface area contributed by atoms with E-state index in [4.69, 9.17) is 5.73 Å². The van der Waals surface area contributed by atoms with Crippen molar-refractivity contribution in [1.29, 1.82) is 0 Å². The molecule has 0 aliphatic heterocycles. The number of aliphatic imine (C=N–C) groups is 1. The average molecular weight is 498 g/mol. The Kier molecular flexibility index (Phi) is 6.68. The van der Waals surface area contributed by atoms with Gasteiger partial charge in [0.2, 0.25) is 5.43 Å². The first kappa shape index (κ1) is 24.4. The second-order valence-corrected chi connectivity index (χ2v) is 7.49. The highest BCUT2D eigenvalue weighted by Gasteiger charge is 2.31. The van der Waals surface area contributed by atoms with Crippen molar-refractivity contribution in [3.8, 4) is 17.1 Å². The molecule has 2 aromatic heterocycles. The molecular weight excluding hydrogens is 480 g/mol. The average Bonchev–Trinajstić information content (AvgIpc) is 3.33. The molecule has 0 amide bonds. The van der Waals surface area contributed by atoms with E-state index in [-0.39, 0.29) is 28.5 Å². The van der Waals surface area contributed by atoms with Gasteiger partial charge in [-0.1, -0.05) is 6.07 Å². The van der Waals surface area contributed by atoms with Gasteiger partial charge in [0.15, 0.2) is 11.5 Å². The summed E-state index contributed by atoms with van der Waals surface area (Å²) in [5.74, 6) is -1.12. The first-order valence-electron chi connectivity index (χ1n) is 10.4. The Bertz CT molecular complexity index is 1500. The lowest BCUT2D eigenvalue weighted by atomic mass is 10.2. The summed E-state index contributed by atoms with van der Waals surface area (Å²) in [5, 5.41) is 8.28. The van der Waals surface area contributed by atoms with Gasteiger partial charge < -0.3 is 10.5 Å². The highest BCUT2D eigenvalue weighted by Crippen LogP contribution is 2.26. The van der Waals surface area contributed by atoms with Gasteiger partial charge in [0.05, 0.1) is 17.1 Å². The minimum absolute atomic E-state index is 0.0351. The van der Waals surface area contributed by atoms with Crippen molar-refractivity contribution in [3.05, 3.63) is 107 Å². The number of allylic oxidation sites excluding steroid dienone is 2. The van der Waals surface area contributed by atoms with Crippen molar-refractivity contribution in [2.75, 3.05) is 0 Å². The van der Waals surface area contributed by atoms with E-state index >= 15 is 0 Å². The van der Waals surface area contributed by atoms with Gasteiger partial charge in [-0.2, -0.15) is 10.2 Å². The molecule has 0 bridgehead atoms. The van der Waals surface area contributed by atoms with E-state index in [1.54, 1.807) is 24.5 Å². The quantitative estimate of drug-likeness (QED) is 0.313. The first-order chi connectivity index (χ1) is 17.1. The van der Waals surface area contributed by atoms with Crippen molar-refractivity contribution in [2.45, 2.75) is 13.3 Å². The highest BCUT2D eigenvalue weighted by molar-refractivity contribution is 6.08. The first-order valence-corrected chi connectivity index (χ1v) is 10.4. The monoisotopic (exact) mass is 498 g/mol. The van der Waals surface area contributed by atoms with Crippen LogP contribution in [0.4, 0.5) is 23.2 Å². The number of benzene rings is 2. The van der Waals surface area contributed by atoms with E-state index in [2.05, 4.69) is 19.9 Å². The number of aromatic nitrogens is 4. The van der Waals surface area contributed by atoms with Gasteiger partial charge >= 0.3 is 6.36 Å². The fourth-order valence-corrected chi connectivity index (χ4v) is 3.22. The molecule has 2 aromatic carbocycles. The van der Waals surface area contributed by atoms with E-state index in [0.29, 0.717) is 5.69 Å². The Morgan fingerprint density at radius 1 is 1.08 bits per heavy atom. The second-order valence-electron chi connectivity index (χ2n) is 7.49. The van der Waals surface area contributed by atoms with Gasteiger partial charge in [-0.3, -0.25) is 4.79 Å². The number of nitrogens with zero attached hydrogens (tertiary/aromatic N) is 5. The predicted molar refractivity (Wildman–Crippen MR) is 124 cm³/mol. The molecule has 4 rings (SSSR count). The summed E-state index contributed by atoms with van der Waals surface area (Å²) in [5.41, 5.74) is 5.82. The van der Waals surface area contributed by atoms with Crippen molar-refractivity contribution in [3.63, 3.8) is 0 Å². The van der Waals surface area contributed by atoms with Crippen LogP contribution in [0.15, 0.2) is 94.7 Å². The van der Waals surface area contributed by atoms with Crippen LogP contribution in [0.25, 0.3) is 11.4 Å². The lowest BCUT2D eigenvalue weighted by molar-refractivity contribution is -0.274. The zero-order valence-corrected chi connectivity index (χ0v) is 18.6. The number of hydrogen-bond donors (Lipinski definition) is 1. The second kappa shape index (κ2) is 9.86. The summed E-state index contributed by atoms with van der Waals surface area (Å²) >= 11 is 0. The SMILES string of the molecule is CC(N)=CC(=Nc1cccc(OC(F)(F)F)c1)c1nn(-c2ccc(-n3cccn3)cc2F)ccc1=O. The highest BCUT2D eigenvalue weighted by atomic mass is 19.4. The Morgan fingerprint density at radius 3 is 2.56 bits per heavy atom. The summed E-state index contributed by atoms with van der Waals surface area (Å²) < 4.78 is 59.3. The topological polar surface area (TPSA) is 100 Å². The zero-order valence-electron chi connectivity index (χ0n) is 18.6. The maximum Gasteiger partial charge on any atom is 0.573 e. The maximum atomic E-state index is 14.9. The van der Waals surface area contributed by atoms with Crippen molar-refractivity contribution in [1.82, 2.24) is 19.6 Å². The molecular formula is C24H18F4N6O2. The van der Waals surface area contributed by atoms with Gasteiger partial charge in [-0.15, -0.1) is 13.2 Å². The van der Waals surface area contributed by atoms with Gasteiger partial charge in [0.25, 0.3) is 0 Å². The summed E-state index contributed by atoms with van der Waals surface area (Å²) in [4.78, 5) is 16.9. The zero-order chi connectivity index (χ0) is 25.9. The summed E-state index contributed by atoms with van der Waals surface area (Å²) in [6, 6.07) is 12.1. The third kappa shape index (κ3) is 5.84. The third-order valence-electron chi connectivity index (χ3n) is 4.66. The van der Waals surface area contributed by atoms with Gasteiger partial charge in [-0.05, 0) is 43.3 Å². The molecule has 0 atom stereocenters. The Morgan fingerprint density at radius 2 is 1.89 bits per heavy atom. The standard InChI is InChI=1S/C24H18F4N6O2/c1-15(29)12-20(31-16-4-2-5-18(13-16)36-24(26,27)28)23-22(35)8-11-34(32-23)21-7-6-17(14-19(21)25)33-10-3-9-30-33/h2-14H,29H2,1H3. The molecule has 0 saturated heterocycles. The number of nitrogens with two attached hydrogens (primary N) is 1. The predicted octanol–water partition coefficient (Wildman–Crippen LogP) is 4.44. The number of halogens is 4. The van der Waals surface area contributed by atoms with Crippen molar-refractivity contribution in [2.24, 2.45) is 10.7 Å². The Balaban J connectivity index is 1.77. The van der Waals surface area contributed by atoms with Crippen LogP contribution in [0.2, 0.25) is 0 Å². The maximum absolute atomic E-state index is 14.9. The minimum atomic E-state index is -4.88. The molecule has 0 radical (unpaired) electrons. The largest absolute Gasteiger partial charge is 0.573 e. The van der Waals surface area contributed by atoms with Crippen molar-refractivity contribution < 1.29 is 22.3 Å². The minimum Gasteiger partial charge on any atom is -0.406 e. The molecule has 184 valence electrons. The van der Waals surface area contributed by atoms with Gasteiger partial charge in [-0.25, -0.2) is 18.7 Å². The lowest BCUT2D eigenvalue weighted by Crippen LogP contribution is -2.21. The van der Waals surface area contributed by atoms with E-state index < -0.39 is 23.4 Å². The Labute approximate surface area is 201 Å². The molecule has 0 aliphatic carbocycles. The number of ether oxygens (including phenoxy) is 1. The van der Waals surface area contributed by atoms with Crippen LogP contribution in [-0.2, 0) is 0 Å². The molecule has 2 N–H and O–H groups in total. The molecule has 0 fully saturated rings. The molecule has 8 nitrogen and oxygen atoms in total. The molecule has 0 spiro atoms. The third-order valence-corrected chi connectivity index (χ3v) is 4.66. The lowest BCUT2D eigenvalue weighted by Gasteiger charge is -2.11. The van der Waals surface area contributed by atoms with Crippen LogP contribution >= 0.6 is 0 Å². The van der Waals surface area contributed by atoms with E-state index in [1.165, 1.54) is 54.2 Å². The summed E-state index contributed by atoms with van der Waals surface area (Å²) in [6.45, 7) is 1.54. The van der Waals surface area contributed by atoms with Crippen molar-refractivity contribution >= 4 is 11.4 Å². The van der Waals surface area contributed by atoms with E-state index in [1.807, 2.05) is 0 Å². The molecule has 0 unspecified atom stereocenters. The molecule has 4 aromatic rings. The van der Waals surface area contributed by atoms with Gasteiger partial charge in [0, 0.05) is 42.5 Å². The van der Waals surface area contributed by atoms with Crippen LogP contribution in [0.3, 0.4) is 0 Å². The molecule has 12 heteroatoms. The summed E-state index contributed by atoms with van der Waals surface area (Å²) in [7, 11) is 0. The van der Waals surface area contributed by atoms with Crippen LogP contribution in [0.5, 0.6) is 5.75 Å². The normalized spacial score (nSPS) is 12.6. The number of rotatable bonds is 6. The molecule has 36 heavy (non-hydrogen) atoms. The summed E-state index contributed by atoms with van der Waals surface area (Å²) in [6.07, 6.45) is 0.947. The van der Waals surface area contributed by atoms with Crippen LogP contribution < -0.4 is 15.9 Å². The fraction of sp³-hybridized carbons (Fsp3) is 0.0833. The van der Waals surface area contributed by atoms with Crippen LogP contribution in [0.1, 0.15) is 12.6 Å². The van der Waals surface area contributed by atoms with E-state index in [9.17, 15) is 22.4 Å². The number of hydrogen-bond acceptors (Lipinski definition) is 6. The molecule has 0 aliphatic rings. The fourth-order valence-electron chi connectivity index (χ4n) is 3.22. The Hall–Kier alpha value is -4.74. The van der Waals surface area contributed by atoms with Crippen LogP contribution in [-0.4, -0.2) is 31.6 Å². The number of alkyl halides is 3. The van der Waals surface area contributed by atoms with E-state index in [0.717, 1.165) is 16.8 Å². The van der Waals surface area contributed by atoms with Crippen LogP contribution in [0, 0.1) is 5.82 Å². The molecule has 2 heterocycles. The van der Waals surface area contributed by atoms with Gasteiger partial charge in [0.1, 0.15) is 11.4 Å². The smallest absolute Gasteiger partial charge is 0.406 e.